The Labute approximate surface area is 137 Å². The molecule has 0 spiro atoms. The summed E-state index contributed by atoms with van der Waals surface area (Å²) in [7, 11) is 0. The number of rotatable bonds is 5. The first kappa shape index (κ1) is 15.3. The van der Waals surface area contributed by atoms with E-state index < -0.39 is 0 Å². The van der Waals surface area contributed by atoms with Crippen LogP contribution in [0.4, 0.5) is 0 Å². The molecule has 23 heavy (non-hydrogen) atoms. The predicted octanol–water partition coefficient (Wildman–Crippen LogP) is 4.65. The van der Waals surface area contributed by atoms with Crippen molar-refractivity contribution in [3.8, 4) is 0 Å². The molecule has 0 saturated heterocycles. The van der Waals surface area contributed by atoms with E-state index in [0.717, 1.165) is 12.0 Å². The minimum absolute atomic E-state index is 0.0382. The van der Waals surface area contributed by atoms with Crippen LogP contribution < -0.4 is 5.32 Å². The fourth-order valence-corrected chi connectivity index (χ4v) is 2.90. The van der Waals surface area contributed by atoms with E-state index in [9.17, 15) is 4.79 Å². The number of hydrogen-bond acceptors (Lipinski definition) is 1. The summed E-state index contributed by atoms with van der Waals surface area (Å²) >= 11 is 0. The molecule has 1 atom stereocenters. The van der Waals surface area contributed by atoms with Crippen LogP contribution in [0.25, 0.3) is 10.8 Å². The second-order valence-corrected chi connectivity index (χ2v) is 5.84. The Bertz CT molecular complexity index is 790. The topological polar surface area (TPSA) is 29.1 Å². The van der Waals surface area contributed by atoms with Gasteiger partial charge < -0.3 is 5.32 Å². The SMILES string of the molecule is C[C@@H](NC(=O)CCc1cccc2ccccc12)c1ccccc1. The van der Waals surface area contributed by atoms with Crippen molar-refractivity contribution in [3.05, 3.63) is 83.9 Å². The van der Waals surface area contributed by atoms with Crippen molar-refractivity contribution in [2.24, 2.45) is 0 Å². The monoisotopic (exact) mass is 303 g/mol. The van der Waals surface area contributed by atoms with E-state index >= 15 is 0 Å². The minimum atomic E-state index is 0.0382. The van der Waals surface area contributed by atoms with E-state index in [1.54, 1.807) is 0 Å². The molecule has 3 rings (SSSR count). The molecule has 1 N–H and O–H groups in total. The molecule has 0 fully saturated rings. The van der Waals surface area contributed by atoms with Crippen LogP contribution in [-0.4, -0.2) is 5.91 Å². The van der Waals surface area contributed by atoms with Gasteiger partial charge in [0.15, 0.2) is 0 Å². The molecule has 0 bridgehead atoms. The van der Waals surface area contributed by atoms with Gasteiger partial charge in [0, 0.05) is 6.42 Å². The molecule has 3 aromatic carbocycles. The lowest BCUT2D eigenvalue weighted by atomic mass is 10.0. The molecule has 0 aliphatic heterocycles. The molecule has 1 amide bonds. The lowest BCUT2D eigenvalue weighted by Gasteiger charge is -2.14. The Morgan fingerprint density at radius 1 is 0.913 bits per heavy atom. The van der Waals surface area contributed by atoms with Crippen LogP contribution in [0.3, 0.4) is 0 Å². The van der Waals surface area contributed by atoms with E-state index in [0.29, 0.717) is 6.42 Å². The summed E-state index contributed by atoms with van der Waals surface area (Å²) in [5.74, 6) is 0.0919. The van der Waals surface area contributed by atoms with E-state index in [-0.39, 0.29) is 11.9 Å². The van der Waals surface area contributed by atoms with Gasteiger partial charge in [0.1, 0.15) is 0 Å². The zero-order valence-electron chi connectivity index (χ0n) is 13.3. The maximum absolute atomic E-state index is 12.2. The molecular formula is C21H21NO. The van der Waals surface area contributed by atoms with Gasteiger partial charge in [0.05, 0.1) is 6.04 Å². The number of benzene rings is 3. The van der Waals surface area contributed by atoms with Gasteiger partial charge in [-0.15, -0.1) is 0 Å². The van der Waals surface area contributed by atoms with Gasteiger partial charge in [0.2, 0.25) is 5.91 Å². The highest BCUT2D eigenvalue weighted by Crippen LogP contribution is 2.20. The molecule has 0 unspecified atom stereocenters. The second-order valence-electron chi connectivity index (χ2n) is 5.84. The third kappa shape index (κ3) is 3.78. The average molecular weight is 303 g/mol. The second kappa shape index (κ2) is 7.10. The summed E-state index contributed by atoms with van der Waals surface area (Å²) in [5, 5.41) is 5.54. The summed E-state index contributed by atoms with van der Waals surface area (Å²) in [6.45, 7) is 2.02. The van der Waals surface area contributed by atoms with Crippen molar-refractivity contribution in [2.75, 3.05) is 0 Å². The zero-order valence-corrected chi connectivity index (χ0v) is 13.3. The highest BCUT2D eigenvalue weighted by Gasteiger charge is 2.10. The third-order valence-electron chi connectivity index (χ3n) is 4.18. The number of carbonyl (C=O) groups is 1. The van der Waals surface area contributed by atoms with Crippen molar-refractivity contribution >= 4 is 16.7 Å². The van der Waals surface area contributed by atoms with Gasteiger partial charge in [-0.1, -0.05) is 72.8 Å². The lowest BCUT2D eigenvalue weighted by Crippen LogP contribution is -2.26. The number of hydrogen-bond donors (Lipinski definition) is 1. The molecule has 116 valence electrons. The van der Waals surface area contributed by atoms with E-state index in [1.165, 1.54) is 16.3 Å². The maximum atomic E-state index is 12.2. The largest absolute Gasteiger partial charge is 0.350 e. The van der Waals surface area contributed by atoms with Gasteiger partial charge in [0.25, 0.3) is 0 Å². The summed E-state index contributed by atoms with van der Waals surface area (Å²) in [4.78, 5) is 12.2. The first-order valence-corrected chi connectivity index (χ1v) is 8.05. The Morgan fingerprint density at radius 3 is 2.43 bits per heavy atom. The number of amides is 1. The highest BCUT2D eigenvalue weighted by atomic mass is 16.1. The molecule has 0 radical (unpaired) electrons. The third-order valence-corrected chi connectivity index (χ3v) is 4.18. The van der Waals surface area contributed by atoms with Gasteiger partial charge in [-0.05, 0) is 35.2 Å². The van der Waals surface area contributed by atoms with Crippen LogP contribution in [0.5, 0.6) is 0 Å². The highest BCUT2D eigenvalue weighted by molar-refractivity contribution is 5.86. The van der Waals surface area contributed by atoms with Crippen LogP contribution in [0.15, 0.2) is 72.8 Å². The zero-order chi connectivity index (χ0) is 16.1. The number of aryl methyl sites for hydroxylation is 1. The normalized spacial score (nSPS) is 12.0. The number of nitrogens with one attached hydrogen (secondary N) is 1. The molecule has 0 heterocycles. The van der Waals surface area contributed by atoms with Crippen LogP contribution >= 0.6 is 0 Å². The summed E-state index contributed by atoms with van der Waals surface area (Å²) in [6.07, 6.45) is 1.26. The Morgan fingerprint density at radius 2 is 1.61 bits per heavy atom. The molecule has 0 aliphatic rings. The number of carbonyl (C=O) groups excluding carboxylic acids is 1. The Balaban J connectivity index is 1.62. The van der Waals surface area contributed by atoms with Crippen molar-refractivity contribution in [3.63, 3.8) is 0 Å². The summed E-state index contributed by atoms with van der Waals surface area (Å²) in [6, 6.07) is 24.7. The minimum Gasteiger partial charge on any atom is -0.350 e. The van der Waals surface area contributed by atoms with Crippen LogP contribution in [0.1, 0.15) is 30.5 Å². The van der Waals surface area contributed by atoms with E-state index in [1.807, 2.05) is 49.4 Å². The van der Waals surface area contributed by atoms with Crippen LogP contribution in [0, 0.1) is 0 Å². The Kier molecular flexibility index (Phi) is 4.72. The van der Waals surface area contributed by atoms with Crippen LogP contribution in [0.2, 0.25) is 0 Å². The summed E-state index contributed by atoms with van der Waals surface area (Å²) in [5.41, 5.74) is 2.36. The molecule has 2 nitrogen and oxygen atoms in total. The maximum Gasteiger partial charge on any atom is 0.220 e. The quantitative estimate of drug-likeness (QED) is 0.730. The van der Waals surface area contributed by atoms with E-state index in [2.05, 4.69) is 35.6 Å². The Hall–Kier alpha value is -2.61. The fraction of sp³-hybridized carbons (Fsp3) is 0.190. The molecule has 0 aromatic heterocycles. The first-order chi connectivity index (χ1) is 11.2. The van der Waals surface area contributed by atoms with Gasteiger partial charge in [-0.2, -0.15) is 0 Å². The van der Waals surface area contributed by atoms with Gasteiger partial charge in [-0.25, -0.2) is 0 Å². The molecular weight excluding hydrogens is 282 g/mol. The van der Waals surface area contributed by atoms with Crippen molar-refractivity contribution in [1.29, 1.82) is 0 Å². The first-order valence-electron chi connectivity index (χ1n) is 8.05. The van der Waals surface area contributed by atoms with Crippen molar-refractivity contribution in [2.45, 2.75) is 25.8 Å². The molecule has 0 saturated carbocycles. The van der Waals surface area contributed by atoms with Gasteiger partial charge in [-0.3, -0.25) is 4.79 Å². The average Bonchev–Trinajstić information content (AvgIpc) is 2.60. The lowest BCUT2D eigenvalue weighted by molar-refractivity contribution is -0.121. The van der Waals surface area contributed by atoms with Crippen molar-refractivity contribution < 1.29 is 4.79 Å². The number of fused-ring (bicyclic) bond motifs is 1. The van der Waals surface area contributed by atoms with Crippen LogP contribution in [-0.2, 0) is 11.2 Å². The van der Waals surface area contributed by atoms with Crippen molar-refractivity contribution in [1.82, 2.24) is 5.32 Å². The fourth-order valence-electron chi connectivity index (χ4n) is 2.90. The molecule has 3 aromatic rings. The molecule has 0 aliphatic carbocycles. The van der Waals surface area contributed by atoms with Gasteiger partial charge >= 0.3 is 0 Å². The smallest absolute Gasteiger partial charge is 0.220 e. The van der Waals surface area contributed by atoms with E-state index in [4.69, 9.17) is 0 Å². The summed E-state index contributed by atoms with van der Waals surface area (Å²) < 4.78 is 0. The predicted molar refractivity (Wildman–Crippen MR) is 95.3 cm³/mol. The standard InChI is InChI=1S/C21H21NO/c1-16(17-8-3-2-4-9-17)22-21(23)15-14-19-12-7-11-18-10-5-6-13-20(18)19/h2-13,16H,14-15H2,1H3,(H,22,23)/t16-/m1/s1. The molecule has 2 heteroatoms.